The number of epoxide rings is 1. The molecule has 0 spiro atoms. The summed E-state index contributed by atoms with van der Waals surface area (Å²) in [6.45, 7) is 2.50. The van der Waals surface area contributed by atoms with Gasteiger partial charge in [-0.15, -0.1) is 0 Å². The maximum Gasteiger partial charge on any atom is 0.0863 e. The van der Waals surface area contributed by atoms with Crippen molar-refractivity contribution >= 4 is 0 Å². The first-order chi connectivity index (χ1) is 5.88. The SMILES string of the molecule is CCCCCCC1OC1CCO. The Bertz CT molecular complexity index is 114. The first-order valence-corrected chi connectivity index (χ1v) is 5.14. The molecule has 2 nitrogen and oxygen atoms in total. The van der Waals surface area contributed by atoms with E-state index in [0.29, 0.717) is 12.2 Å². The largest absolute Gasteiger partial charge is 0.396 e. The summed E-state index contributed by atoms with van der Waals surface area (Å²) in [5, 5.41) is 8.62. The zero-order chi connectivity index (χ0) is 8.81. The fourth-order valence-corrected chi connectivity index (χ4v) is 1.59. The molecule has 12 heavy (non-hydrogen) atoms. The average Bonchev–Trinajstić information content (AvgIpc) is 2.79. The minimum absolute atomic E-state index is 0.274. The highest BCUT2D eigenvalue weighted by atomic mass is 16.6. The molecule has 72 valence electrons. The van der Waals surface area contributed by atoms with E-state index >= 15 is 0 Å². The summed E-state index contributed by atoms with van der Waals surface area (Å²) in [6, 6.07) is 0. The molecule has 1 aliphatic rings. The van der Waals surface area contributed by atoms with Crippen LogP contribution in [-0.4, -0.2) is 23.9 Å². The Kier molecular flexibility index (Phi) is 4.62. The van der Waals surface area contributed by atoms with Crippen LogP contribution < -0.4 is 0 Å². The Labute approximate surface area is 74.9 Å². The van der Waals surface area contributed by atoms with Gasteiger partial charge in [-0.25, -0.2) is 0 Å². The minimum Gasteiger partial charge on any atom is -0.396 e. The van der Waals surface area contributed by atoms with Gasteiger partial charge in [0, 0.05) is 6.61 Å². The van der Waals surface area contributed by atoms with E-state index in [-0.39, 0.29) is 6.61 Å². The van der Waals surface area contributed by atoms with Gasteiger partial charge in [0.1, 0.15) is 0 Å². The van der Waals surface area contributed by atoms with Gasteiger partial charge in [-0.3, -0.25) is 0 Å². The molecular formula is C10H20O2. The van der Waals surface area contributed by atoms with Crippen LogP contribution in [0.5, 0.6) is 0 Å². The Balaban J connectivity index is 1.83. The molecule has 2 atom stereocenters. The van der Waals surface area contributed by atoms with Crippen molar-refractivity contribution in [3.63, 3.8) is 0 Å². The third-order valence-electron chi connectivity index (χ3n) is 2.44. The Hall–Kier alpha value is -0.0800. The molecule has 0 aromatic rings. The van der Waals surface area contributed by atoms with Gasteiger partial charge in [-0.05, 0) is 12.8 Å². The molecule has 0 saturated carbocycles. The lowest BCUT2D eigenvalue weighted by atomic mass is 10.1. The van der Waals surface area contributed by atoms with Crippen LogP contribution in [0.4, 0.5) is 0 Å². The second kappa shape index (κ2) is 5.55. The molecule has 1 aliphatic heterocycles. The molecule has 1 rings (SSSR count). The van der Waals surface area contributed by atoms with Crippen molar-refractivity contribution in [1.82, 2.24) is 0 Å². The predicted molar refractivity (Wildman–Crippen MR) is 49.1 cm³/mol. The van der Waals surface area contributed by atoms with Crippen LogP contribution in [0.1, 0.15) is 45.4 Å². The minimum atomic E-state index is 0.274. The molecule has 1 fully saturated rings. The van der Waals surface area contributed by atoms with Crippen LogP contribution in [0.25, 0.3) is 0 Å². The lowest BCUT2D eigenvalue weighted by molar-refractivity contribution is 0.262. The van der Waals surface area contributed by atoms with Gasteiger partial charge in [0.2, 0.25) is 0 Å². The Morgan fingerprint density at radius 2 is 1.83 bits per heavy atom. The fourth-order valence-electron chi connectivity index (χ4n) is 1.59. The van der Waals surface area contributed by atoms with Crippen molar-refractivity contribution < 1.29 is 9.84 Å². The van der Waals surface area contributed by atoms with E-state index in [1.54, 1.807) is 0 Å². The molecule has 1 heterocycles. The van der Waals surface area contributed by atoms with E-state index in [1.807, 2.05) is 0 Å². The standard InChI is InChI=1S/C10H20O2/c1-2-3-4-5-6-9-10(12-9)7-8-11/h9-11H,2-8H2,1H3. The van der Waals surface area contributed by atoms with Crippen molar-refractivity contribution in [2.24, 2.45) is 0 Å². The van der Waals surface area contributed by atoms with Crippen molar-refractivity contribution in [3.8, 4) is 0 Å². The Morgan fingerprint density at radius 1 is 1.08 bits per heavy atom. The molecular weight excluding hydrogens is 152 g/mol. The van der Waals surface area contributed by atoms with Gasteiger partial charge < -0.3 is 9.84 Å². The Morgan fingerprint density at radius 3 is 2.50 bits per heavy atom. The maximum atomic E-state index is 8.62. The lowest BCUT2D eigenvalue weighted by Crippen LogP contribution is -1.96. The number of aliphatic hydroxyl groups is 1. The number of aliphatic hydroxyl groups excluding tert-OH is 1. The molecule has 0 aliphatic carbocycles. The molecule has 0 amide bonds. The molecule has 2 unspecified atom stereocenters. The van der Waals surface area contributed by atoms with Gasteiger partial charge >= 0.3 is 0 Å². The van der Waals surface area contributed by atoms with Crippen LogP contribution >= 0.6 is 0 Å². The van der Waals surface area contributed by atoms with Gasteiger partial charge in [0.15, 0.2) is 0 Å². The number of hydrogen-bond acceptors (Lipinski definition) is 2. The molecule has 0 aromatic heterocycles. The highest BCUT2D eigenvalue weighted by molar-refractivity contribution is 4.83. The third kappa shape index (κ3) is 3.55. The van der Waals surface area contributed by atoms with Gasteiger partial charge in [-0.2, -0.15) is 0 Å². The van der Waals surface area contributed by atoms with Gasteiger partial charge in [0.25, 0.3) is 0 Å². The molecule has 0 aromatic carbocycles. The fraction of sp³-hybridized carbons (Fsp3) is 1.00. The first-order valence-electron chi connectivity index (χ1n) is 5.14. The monoisotopic (exact) mass is 172 g/mol. The number of unbranched alkanes of at least 4 members (excludes halogenated alkanes) is 3. The third-order valence-corrected chi connectivity index (χ3v) is 2.44. The number of ether oxygens (including phenoxy) is 1. The number of hydrogen-bond donors (Lipinski definition) is 1. The zero-order valence-electron chi connectivity index (χ0n) is 7.96. The molecule has 1 saturated heterocycles. The molecule has 0 bridgehead atoms. The first kappa shape index (κ1) is 10.0. The van der Waals surface area contributed by atoms with Crippen molar-refractivity contribution in [3.05, 3.63) is 0 Å². The zero-order valence-corrected chi connectivity index (χ0v) is 7.96. The molecule has 2 heteroatoms. The molecule has 0 radical (unpaired) electrons. The smallest absolute Gasteiger partial charge is 0.0863 e. The van der Waals surface area contributed by atoms with E-state index in [9.17, 15) is 0 Å². The summed E-state index contributed by atoms with van der Waals surface area (Å²) in [5.41, 5.74) is 0. The van der Waals surface area contributed by atoms with E-state index in [2.05, 4.69) is 6.92 Å². The van der Waals surface area contributed by atoms with Crippen molar-refractivity contribution in [1.29, 1.82) is 0 Å². The van der Waals surface area contributed by atoms with E-state index in [1.165, 1.54) is 32.1 Å². The van der Waals surface area contributed by atoms with Crippen LogP contribution in [0.2, 0.25) is 0 Å². The lowest BCUT2D eigenvalue weighted by Gasteiger charge is -1.95. The van der Waals surface area contributed by atoms with Crippen LogP contribution in [0.15, 0.2) is 0 Å². The van der Waals surface area contributed by atoms with E-state index in [4.69, 9.17) is 9.84 Å². The summed E-state index contributed by atoms with van der Waals surface area (Å²) in [6.07, 6.45) is 8.17. The highest BCUT2D eigenvalue weighted by Crippen LogP contribution is 2.29. The maximum absolute atomic E-state index is 8.62. The normalized spacial score (nSPS) is 27.5. The summed E-state index contributed by atoms with van der Waals surface area (Å²) in [4.78, 5) is 0. The van der Waals surface area contributed by atoms with Gasteiger partial charge in [-0.1, -0.05) is 32.6 Å². The van der Waals surface area contributed by atoms with E-state index < -0.39 is 0 Å². The van der Waals surface area contributed by atoms with Gasteiger partial charge in [0.05, 0.1) is 12.2 Å². The molecule has 1 N–H and O–H groups in total. The van der Waals surface area contributed by atoms with Crippen LogP contribution in [0.3, 0.4) is 0 Å². The van der Waals surface area contributed by atoms with Crippen molar-refractivity contribution in [2.45, 2.75) is 57.7 Å². The summed E-state index contributed by atoms with van der Waals surface area (Å²) < 4.78 is 5.38. The summed E-state index contributed by atoms with van der Waals surface area (Å²) in [7, 11) is 0. The second-order valence-electron chi connectivity index (χ2n) is 3.57. The van der Waals surface area contributed by atoms with Crippen LogP contribution in [0, 0.1) is 0 Å². The predicted octanol–water partition coefficient (Wildman–Crippen LogP) is 2.11. The summed E-state index contributed by atoms with van der Waals surface area (Å²) in [5.74, 6) is 0. The quantitative estimate of drug-likeness (QED) is 0.471. The highest BCUT2D eigenvalue weighted by Gasteiger charge is 2.36. The number of rotatable bonds is 7. The summed E-state index contributed by atoms with van der Waals surface area (Å²) >= 11 is 0. The topological polar surface area (TPSA) is 32.8 Å². The second-order valence-corrected chi connectivity index (χ2v) is 3.57. The average molecular weight is 172 g/mol. The van der Waals surface area contributed by atoms with E-state index in [0.717, 1.165) is 6.42 Å². The van der Waals surface area contributed by atoms with Crippen molar-refractivity contribution in [2.75, 3.05) is 6.61 Å². The van der Waals surface area contributed by atoms with Crippen LogP contribution in [-0.2, 0) is 4.74 Å².